The smallest absolute Gasteiger partial charge is 0.323 e. The summed E-state index contributed by atoms with van der Waals surface area (Å²) in [5.41, 5.74) is 1.21. The Kier molecular flexibility index (Phi) is 5.17. The van der Waals surface area contributed by atoms with Crippen molar-refractivity contribution in [2.75, 3.05) is 6.54 Å². The van der Waals surface area contributed by atoms with Gasteiger partial charge in [-0.2, -0.15) is 0 Å². The van der Waals surface area contributed by atoms with E-state index < -0.39 is 36.0 Å². The molecule has 0 fully saturated rings. The molecule has 1 aliphatic rings. The number of ketones is 1. The first kappa shape index (κ1) is 18.1. The average Bonchev–Trinajstić information content (AvgIpc) is 2.92. The van der Waals surface area contributed by atoms with Crippen molar-refractivity contribution in [2.24, 2.45) is 0 Å². The van der Waals surface area contributed by atoms with Crippen molar-refractivity contribution in [2.45, 2.75) is 6.04 Å². The SMILES string of the molecule is O=C(O)CN1C(=O)C(O)=C(C(=O)/C=C\c2ccccc2)[C@@H]1c1ccccc1. The number of aliphatic hydroxyl groups excluding tert-OH is 1. The number of hydrogen-bond acceptors (Lipinski definition) is 4. The summed E-state index contributed by atoms with van der Waals surface area (Å²) >= 11 is 0. The largest absolute Gasteiger partial charge is 0.503 e. The Morgan fingerprint density at radius 1 is 1.00 bits per heavy atom. The van der Waals surface area contributed by atoms with E-state index in [1.165, 1.54) is 6.08 Å². The Bertz CT molecular complexity index is 932. The molecule has 0 unspecified atom stereocenters. The molecule has 2 aromatic carbocycles. The van der Waals surface area contributed by atoms with Gasteiger partial charge in [-0.3, -0.25) is 14.4 Å². The highest BCUT2D eigenvalue weighted by Crippen LogP contribution is 2.37. The number of aliphatic hydroxyl groups is 1. The van der Waals surface area contributed by atoms with Crippen molar-refractivity contribution < 1.29 is 24.6 Å². The van der Waals surface area contributed by atoms with Crippen molar-refractivity contribution >= 4 is 23.7 Å². The number of carbonyl (C=O) groups is 3. The van der Waals surface area contributed by atoms with E-state index in [1.54, 1.807) is 36.4 Å². The van der Waals surface area contributed by atoms with Gasteiger partial charge in [-0.05, 0) is 17.2 Å². The lowest BCUT2D eigenvalue weighted by atomic mass is 9.95. The van der Waals surface area contributed by atoms with Gasteiger partial charge in [0.25, 0.3) is 5.91 Å². The molecule has 0 saturated heterocycles. The highest BCUT2D eigenvalue weighted by Gasteiger charge is 2.43. The first-order valence-electron chi connectivity index (χ1n) is 8.27. The second kappa shape index (κ2) is 7.70. The molecule has 0 saturated carbocycles. The zero-order valence-corrected chi connectivity index (χ0v) is 14.3. The van der Waals surface area contributed by atoms with E-state index in [1.807, 2.05) is 30.3 Å². The minimum atomic E-state index is -1.23. The van der Waals surface area contributed by atoms with Crippen LogP contribution in [0.25, 0.3) is 6.08 Å². The monoisotopic (exact) mass is 363 g/mol. The van der Waals surface area contributed by atoms with Crippen LogP contribution in [0.15, 0.2) is 78.1 Å². The first-order chi connectivity index (χ1) is 13.0. The van der Waals surface area contributed by atoms with Gasteiger partial charge in [0.2, 0.25) is 0 Å². The third-order valence-corrected chi connectivity index (χ3v) is 4.22. The Morgan fingerprint density at radius 2 is 1.59 bits per heavy atom. The minimum absolute atomic E-state index is 0.125. The molecule has 1 aliphatic heterocycles. The average molecular weight is 363 g/mol. The van der Waals surface area contributed by atoms with Crippen molar-refractivity contribution in [3.05, 3.63) is 89.2 Å². The molecule has 0 radical (unpaired) electrons. The summed E-state index contributed by atoms with van der Waals surface area (Å²) in [4.78, 5) is 37.3. The van der Waals surface area contributed by atoms with E-state index in [0.717, 1.165) is 10.5 Å². The van der Waals surface area contributed by atoms with Crippen molar-refractivity contribution in [3.63, 3.8) is 0 Å². The van der Waals surface area contributed by atoms with Crippen molar-refractivity contribution in [1.82, 2.24) is 4.90 Å². The zero-order valence-electron chi connectivity index (χ0n) is 14.3. The van der Waals surface area contributed by atoms with E-state index in [-0.39, 0.29) is 5.57 Å². The number of hydrogen-bond donors (Lipinski definition) is 2. The fourth-order valence-electron chi connectivity index (χ4n) is 3.02. The van der Waals surface area contributed by atoms with Gasteiger partial charge in [-0.25, -0.2) is 0 Å². The normalized spacial score (nSPS) is 17.0. The number of carbonyl (C=O) groups excluding carboxylic acids is 2. The Hall–Kier alpha value is -3.67. The van der Waals surface area contributed by atoms with Gasteiger partial charge in [0, 0.05) is 0 Å². The number of amides is 1. The topological polar surface area (TPSA) is 94.9 Å². The summed E-state index contributed by atoms with van der Waals surface area (Å²) in [6, 6.07) is 16.7. The van der Waals surface area contributed by atoms with Gasteiger partial charge in [-0.1, -0.05) is 66.7 Å². The van der Waals surface area contributed by atoms with E-state index in [4.69, 9.17) is 5.11 Å². The molecule has 0 spiro atoms. The molecular weight excluding hydrogens is 346 g/mol. The Morgan fingerprint density at radius 3 is 2.19 bits per heavy atom. The molecule has 0 bridgehead atoms. The fourth-order valence-corrected chi connectivity index (χ4v) is 3.02. The third-order valence-electron chi connectivity index (χ3n) is 4.22. The molecule has 1 atom stereocenters. The van der Waals surface area contributed by atoms with Gasteiger partial charge >= 0.3 is 5.97 Å². The fraction of sp³-hybridized carbons (Fsp3) is 0.0952. The Labute approximate surface area is 155 Å². The quantitative estimate of drug-likeness (QED) is 0.770. The number of aliphatic carboxylic acids is 1. The maximum atomic E-state index is 12.8. The van der Waals surface area contributed by atoms with Gasteiger partial charge in [0.1, 0.15) is 6.54 Å². The van der Waals surface area contributed by atoms with Crippen LogP contribution in [-0.2, 0) is 14.4 Å². The number of nitrogens with zero attached hydrogens (tertiary/aromatic N) is 1. The van der Waals surface area contributed by atoms with Gasteiger partial charge in [-0.15, -0.1) is 0 Å². The summed E-state index contributed by atoms with van der Waals surface area (Å²) in [7, 11) is 0. The number of benzene rings is 2. The van der Waals surface area contributed by atoms with Crippen LogP contribution in [0.4, 0.5) is 0 Å². The molecule has 1 heterocycles. The lowest BCUT2D eigenvalue weighted by molar-refractivity contribution is -0.144. The molecule has 27 heavy (non-hydrogen) atoms. The van der Waals surface area contributed by atoms with Crippen LogP contribution in [0, 0.1) is 0 Å². The second-order valence-corrected chi connectivity index (χ2v) is 6.01. The zero-order chi connectivity index (χ0) is 19.4. The highest BCUT2D eigenvalue weighted by molar-refractivity contribution is 6.14. The maximum Gasteiger partial charge on any atom is 0.323 e. The third kappa shape index (κ3) is 3.79. The summed E-state index contributed by atoms with van der Waals surface area (Å²) in [6.07, 6.45) is 2.85. The van der Waals surface area contributed by atoms with Gasteiger partial charge in [0.15, 0.2) is 11.5 Å². The van der Waals surface area contributed by atoms with Crippen LogP contribution in [0.5, 0.6) is 0 Å². The summed E-state index contributed by atoms with van der Waals surface area (Å²) in [6.45, 7) is -0.623. The van der Waals surface area contributed by atoms with Crippen LogP contribution in [0.2, 0.25) is 0 Å². The van der Waals surface area contributed by atoms with Crippen LogP contribution < -0.4 is 0 Å². The first-order valence-corrected chi connectivity index (χ1v) is 8.27. The van der Waals surface area contributed by atoms with E-state index in [2.05, 4.69) is 0 Å². The molecule has 6 heteroatoms. The summed E-state index contributed by atoms with van der Waals surface area (Å²) in [5, 5.41) is 19.4. The van der Waals surface area contributed by atoms with Gasteiger partial charge in [0.05, 0.1) is 11.6 Å². The molecule has 1 amide bonds. The number of carboxylic acids is 1. The van der Waals surface area contributed by atoms with Crippen LogP contribution in [0.3, 0.4) is 0 Å². The van der Waals surface area contributed by atoms with E-state index in [0.29, 0.717) is 5.56 Å². The molecular formula is C21H17NO5. The van der Waals surface area contributed by atoms with Crippen LogP contribution in [-0.4, -0.2) is 39.3 Å². The molecule has 136 valence electrons. The molecule has 2 aromatic rings. The van der Waals surface area contributed by atoms with E-state index >= 15 is 0 Å². The molecule has 2 N–H and O–H groups in total. The number of carboxylic acid groups (broad SMARTS) is 1. The predicted molar refractivity (Wildman–Crippen MR) is 98.7 cm³/mol. The molecule has 0 aliphatic carbocycles. The van der Waals surface area contributed by atoms with Crippen molar-refractivity contribution in [3.8, 4) is 0 Å². The predicted octanol–water partition coefficient (Wildman–Crippen LogP) is 2.75. The number of rotatable bonds is 6. The van der Waals surface area contributed by atoms with Crippen LogP contribution >= 0.6 is 0 Å². The van der Waals surface area contributed by atoms with E-state index in [9.17, 15) is 19.5 Å². The highest BCUT2D eigenvalue weighted by atomic mass is 16.4. The lowest BCUT2D eigenvalue weighted by Gasteiger charge is -2.24. The van der Waals surface area contributed by atoms with Crippen LogP contribution in [0.1, 0.15) is 17.2 Å². The van der Waals surface area contributed by atoms with Crippen molar-refractivity contribution in [1.29, 1.82) is 0 Å². The number of allylic oxidation sites excluding steroid dienone is 1. The lowest BCUT2D eigenvalue weighted by Crippen LogP contribution is -2.35. The summed E-state index contributed by atoms with van der Waals surface area (Å²) < 4.78 is 0. The maximum absolute atomic E-state index is 12.8. The molecule has 3 rings (SSSR count). The minimum Gasteiger partial charge on any atom is -0.503 e. The molecule has 0 aromatic heterocycles. The standard InChI is InChI=1S/C21H17NO5/c23-16(12-11-14-7-3-1-4-8-14)18-19(15-9-5-2-6-10-15)22(13-17(24)25)21(27)20(18)26/h1-12,19,26H,13H2,(H,24,25)/b12-11-/t19-/m0/s1. The van der Waals surface area contributed by atoms with Gasteiger partial charge < -0.3 is 15.1 Å². The second-order valence-electron chi connectivity index (χ2n) is 6.01. The summed E-state index contributed by atoms with van der Waals surface area (Å²) in [5.74, 6) is -3.37. The Balaban J connectivity index is 1.99. The molecule has 6 nitrogen and oxygen atoms in total.